The Kier molecular flexibility index (Phi) is 7.48. The predicted octanol–water partition coefficient (Wildman–Crippen LogP) is 2.74. The van der Waals surface area contributed by atoms with Gasteiger partial charge in [-0.05, 0) is 69.3 Å². The maximum atomic E-state index is 12.5. The molecular weight excluding hydrogens is 408 g/mol. The molecule has 3 rings (SSSR count). The summed E-state index contributed by atoms with van der Waals surface area (Å²) in [5.74, 6) is -0.392. The molecule has 8 heteroatoms. The van der Waals surface area contributed by atoms with Gasteiger partial charge in [0.15, 0.2) is 0 Å². The first-order chi connectivity index (χ1) is 15.2. The minimum atomic E-state index is -0.305. The van der Waals surface area contributed by atoms with Gasteiger partial charge in [0.2, 0.25) is 5.91 Å². The van der Waals surface area contributed by atoms with Crippen LogP contribution < -0.4 is 16.0 Å². The van der Waals surface area contributed by atoms with Crippen LogP contribution in [0.2, 0.25) is 0 Å². The molecule has 8 nitrogen and oxygen atoms in total. The Morgan fingerprint density at radius 2 is 1.44 bits per heavy atom. The second kappa shape index (κ2) is 10.3. The van der Waals surface area contributed by atoms with Gasteiger partial charge in [0.1, 0.15) is 0 Å². The van der Waals surface area contributed by atoms with Crippen molar-refractivity contribution in [3.8, 4) is 0 Å². The average molecular weight is 439 g/mol. The lowest BCUT2D eigenvalue weighted by Crippen LogP contribution is -2.40. The number of carbonyl (C=O) groups is 3. The molecular formula is C24H30N4O4. The number of rotatable bonds is 6. The number of ether oxygens (including phenoxy) is 1. The summed E-state index contributed by atoms with van der Waals surface area (Å²) in [5, 5.41) is 8.75. The second-order valence-electron chi connectivity index (χ2n) is 8.67. The number of nitrogens with one attached hydrogen (secondary N) is 3. The molecule has 3 amide bonds. The van der Waals surface area contributed by atoms with Gasteiger partial charge in [0.25, 0.3) is 11.8 Å². The normalized spacial score (nSPS) is 13.9. The van der Waals surface area contributed by atoms with Crippen molar-refractivity contribution >= 4 is 29.1 Å². The Morgan fingerprint density at radius 3 is 2.03 bits per heavy atom. The molecule has 1 aliphatic heterocycles. The van der Waals surface area contributed by atoms with Crippen LogP contribution in [0.15, 0.2) is 48.5 Å². The number of anilines is 2. The molecule has 1 aliphatic rings. The van der Waals surface area contributed by atoms with Crippen LogP contribution in [0, 0.1) is 0 Å². The number of amides is 3. The highest BCUT2D eigenvalue weighted by molar-refractivity contribution is 5.97. The van der Waals surface area contributed by atoms with E-state index in [1.165, 1.54) is 0 Å². The van der Waals surface area contributed by atoms with Gasteiger partial charge in [0, 0.05) is 41.1 Å². The van der Waals surface area contributed by atoms with E-state index in [0.29, 0.717) is 43.1 Å². The van der Waals surface area contributed by atoms with Crippen molar-refractivity contribution < 1.29 is 19.1 Å². The number of nitrogens with zero attached hydrogens (tertiary/aromatic N) is 1. The Morgan fingerprint density at radius 1 is 0.875 bits per heavy atom. The molecule has 0 radical (unpaired) electrons. The van der Waals surface area contributed by atoms with E-state index in [2.05, 4.69) is 16.0 Å². The summed E-state index contributed by atoms with van der Waals surface area (Å²) in [6.45, 7) is 8.14. The average Bonchev–Trinajstić information content (AvgIpc) is 2.77. The Labute approximate surface area is 188 Å². The number of morpholine rings is 1. The molecule has 2 aromatic carbocycles. The monoisotopic (exact) mass is 438 g/mol. The van der Waals surface area contributed by atoms with Gasteiger partial charge >= 0.3 is 0 Å². The summed E-state index contributed by atoms with van der Waals surface area (Å²) in [4.78, 5) is 38.7. The summed E-state index contributed by atoms with van der Waals surface area (Å²) in [5.41, 5.74) is 2.18. The van der Waals surface area contributed by atoms with Crippen LogP contribution in [-0.2, 0) is 9.53 Å². The van der Waals surface area contributed by atoms with Crippen molar-refractivity contribution in [1.82, 2.24) is 10.2 Å². The topological polar surface area (TPSA) is 99.8 Å². The minimum Gasteiger partial charge on any atom is -0.378 e. The zero-order valence-corrected chi connectivity index (χ0v) is 18.7. The Bertz CT molecular complexity index is 943. The van der Waals surface area contributed by atoms with Crippen molar-refractivity contribution in [3.05, 3.63) is 59.7 Å². The molecule has 0 aliphatic carbocycles. The highest BCUT2D eigenvalue weighted by Crippen LogP contribution is 2.14. The van der Waals surface area contributed by atoms with Gasteiger partial charge in [0.05, 0.1) is 19.8 Å². The molecule has 170 valence electrons. The molecule has 0 unspecified atom stereocenters. The summed E-state index contributed by atoms with van der Waals surface area (Å²) in [6, 6.07) is 13.8. The third-order valence-corrected chi connectivity index (χ3v) is 4.80. The van der Waals surface area contributed by atoms with Gasteiger partial charge < -0.3 is 25.6 Å². The zero-order chi connectivity index (χ0) is 23.1. The highest BCUT2D eigenvalue weighted by atomic mass is 16.5. The predicted molar refractivity (Wildman–Crippen MR) is 124 cm³/mol. The molecule has 1 saturated heterocycles. The molecule has 0 atom stereocenters. The molecule has 0 aromatic heterocycles. The van der Waals surface area contributed by atoms with Crippen LogP contribution in [0.3, 0.4) is 0 Å². The first-order valence-electron chi connectivity index (χ1n) is 10.6. The molecule has 3 N–H and O–H groups in total. The van der Waals surface area contributed by atoms with Gasteiger partial charge in [-0.1, -0.05) is 0 Å². The standard InChI is InChI=1S/C24H30N4O4/c1-24(2,3)27-22(30)17-4-8-19(9-5-17)25-16-21(29)26-20-10-6-18(7-11-20)23(31)28-12-14-32-15-13-28/h4-11,25H,12-16H2,1-3H3,(H,26,29)(H,27,30). The second-order valence-corrected chi connectivity index (χ2v) is 8.67. The molecule has 32 heavy (non-hydrogen) atoms. The van der Waals surface area contributed by atoms with Crippen LogP contribution in [0.4, 0.5) is 11.4 Å². The lowest BCUT2D eigenvalue weighted by molar-refractivity contribution is -0.114. The van der Waals surface area contributed by atoms with E-state index in [9.17, 15) is 14.4 Å². The Balaban J connectivity index is 1.47. The SMILES string of the molecule is CC(C)(C)NC(=O)c1ccc(NCC(=O)Nc2ccc(C(=O)N3CCOCC3)cc2)cc1. The largest absolute Gasteiger partial charge is 0.378 e. The van der Waals surface area contributed by atoms with E-state index in [1.54, 1.807) is 53.4 Å². The maximum absolute atomic E-state index is 12.5. The van der Waals surface area contributed by atoms with Crippen LogP contribution >= 0.6 is 0 Å². The van der Waals surface area contributed by atoms with Crippen molar-refractivity contribution in [2.24, 2.45) is 0 Å². The van der Waals surface area contributed by atoms with Crippen LogP contribution in [0.1, 0.15) is 41.5 Å². The third-order valence-electron chi connectivity index (χ3n) is 4.80. The zero-order valence-electron chi connectivity index (χ0n) is 18.7. The lowest BCUT2D eigenvalue weighted by Gasteiger charge is -2.26. The molecule has 1 heterocycles. The summed E-state index contributed by atoms with van der Waals surface area (Å²) < 4.78 is 5.27. The van der Waals surface area contributed by atoms with Crippen molar-refractivity contribution in [2.45, 2.75) is 26.3 Å². The molecule has 0 spiro atoms. The molecule has 0 saturated carbocycles. The number of hydrogen-bond acceptors (Lipinski definition) is 5. The van der Waals surface area contributed by atoms with Crippen LogP contribution in [0.25, 0.3) is 0 Å². The smallest absolute Gasteiger partial charge is 0.254 e. The van der Waals surface area contributed by atoms with Gasteiger partial charge in [-0.3, -0.25) is 14.4 Å². The molecule has 2 aromatic rings. The fraction of sp³-hybridized carbons (Fsp3) is 0.375. The lowest BCUT2D eigenvalue weighted by atomic mass is 10.1. The van der Waals surface area contributed by atoms with E-state index in [1.807, 2.05) is 20.8 Å². The quantitative estimate of drug-likeness (QED) is 0.644. The summed E-state index contributed by atoms with van der Waals surface area (Å²) >= 11 is 0. The van der Waals surface area contributed by atoms with E-state index in [0.717, 1.165) is 5.69 Å². The third kappa shape index (κ3) is 6.81. The highest BCUT2D eigenvalue weighted by Gasteiger charge is 2.18. The van der Waals surface area contributed by atoms with E-state index < -0.39 is 0 Å². The first-order valence-corrected chi connectivity index (χ1v) is 10.6. The van der Waals surface area contributed by atoms with E-state index >= 15 is 0 Å². The van der Waals surface area contributed by atoms with Gasteiger partial charge in [-0.15, -0.1) is 0 Å². The van der Waals surface area contributed by atoms with Gasteiger partial charge in [-0.2, -0.15) is 0 Å². The fourth-order valence-corrected chi connectivity index (χ4v) is 3.18. The van der Waals surface area contributed by atoms with Crippen molar-refractivity contribution in [2.75, 3.05) is 43.5 Å². The first kappa shape index (κ1) is 23.3. The summed E-state index contributed by atoms with van der Waals surface area (Å²) in [7, 11) is 0. The molecule has 1 fully saturated rings. The van der Waals surface area contributed by atoms with Crippen LogP contribution in [0.5, 0.6) is 0 Å². The van der Waals surface area contributed by atoms with Crippen molar-refractivity contribution in [1.29, 1.82) is 0 Å². The van der Waals surface area contributed by atoms with E-state index in [-0.39, 0.29) is 29.8 Å². The maximum Gasteiger partial charge on any atom is 0.254 e. The summed E-state index contributed by atoms with van der Waals surface area (Å²) in [6.07, 6.45) is 0. The Hall–Kier alpha value is -3.39. The molecule has 0 bridgehead atoms. The number of hydrogen-bond donors (Lipinski definition) is 3. The van der Waals surface area contributed by atoms with Gasteiger partial charge in [-0.25, -0.2) is 0 Å². The van der Waals surface area contributed by atoms with E-state index in [4.69, 9.17) is 4.74 Å². The van der Waals surface area contributed by atoms with Crippen molar-refractivity contribution in [3.63, 3.8) is 0 Å². The number of carbonyl (C=O) groups excluding carboxylic acids is 3. The number of benzene rings is 2. The minimum absolute atomic E-state index is 0.0347. The fourth-order valence-electron chi connectivity index (χ4n) is 3.18. The van der Waals surface area contributed by atoms with Crippen LogP contribution in [-0.4, -0.2) is 61.0 Å².